The van der Waals surface area contributed by atoms with Crippen LogP contribution in [-0.4, -0.2) is 54.5 Å². The van der Waals surface area contributed by atoms with Crippen LogP contribution in [-0.2, 0) is 14.3 Å². The van der Waals surface area contributed by atoms with Crippen molar-refractivity contribution in [2.45, 2.75) is 25.8 Å². The summed E-state index contributed by atoms with van der Waals surface area (Å²) in [6.07, 6.45) is 2.97. The van der Waals surface area contributed by atoms with Gasteiger partial charge in [-0.1, -0.05) is 6.07 Å². The van der Waals surface area contributed by atoms with Crippen molar-refractivity contribution in [2.75, 3.05) is 32.1 Å². The van der Waals surface area contributed by atoms with Crippen LogP contribution in [0.15, 0.2) is 18.3 Å². The van der Waals surface area contributed by atoms with Gasteiger partial charge in [0.25, 0.3) is 0 Å². The van der Waals surface area contributed by atoms with Crippen molar-refractivity contribution >= 4 is 17.6 Å². The zero-order chi connectivity index (χ0) is 16.8. The molecule has 3 N–H and O–H groups in total. The van der Waals surface area contributed by atoms with Crippen molar-refractivity contribution in [3.63, 3.8) is 0 Å². The first-order chi connectivity index (χ1) is 11.0. The largest absolute Gasteiger partial charge is 0.383 e. The summed E-state index contributed by atoms with van der Waals surface area (Å²) in [6.45, 7) is 3.23. The highest BCUT2D eigenvalue weighted by atomic mass is 16.5. The van der Waals surface area contributed by atoms with Crippen LogP contribution in [0.4, 0.5) is 5.82 Å². The van der Waals surface area contributed by atoms with E-state index in [0.717, 1.165) is 5.56 Å². The number of hydrogen-bond acceptors (Lipinski definition) is 5. The third kappa shape index (κ3) is 4.74. The van der Waals surface area contributed by atoms with Crippen LogP contribution in [0, 0.1) is 12.8 Å². The number of rotatable bonds is 5. The molecule has 2 heterocycles. The lowest BCUT2D eigenvalue weighted by molar-refractivity contribution is -0.136. The molecule has 0 aromatic carbocycles. The summed E-state index contributed by atoms with van der Waals surface area (Å²) in [5.41, 5.74) is 6.81. The third-order valence-corrected chi connectivity index (χ3v) is 4.00. The third-order valence-electron chi connectivity index (χ3n) is 4.00. The van der Waals surface area contributed by atoms with Crippen molar-refractivity contribution < 1.29 is 14.3 Å². The number of pyridine rings is 1. The van der Waals surface area contributed by atoms with Gasteiger partial charge in [0, 0.05) is 32.3 Å². The molecule has 1 atom stereocenters. The van der Waals surface area contributed by atoms with Crippen molar-refractivity contribution in [3.05, 3.63) is 23.9 Å². The van der Waals surface area contributed by atoms with Gasteiger partial charge in [-0.15, -0.1) is 0 Å². The zero-order valence-electron chi connectivity index (χ0n) is 13.6. The van der Waals surface area contributed by atoms with E-state index >= 15 is 0 Å². The molecule has 1 aliphatic heterocycles. The highest BCUT2D eigenvalue weighted by molar-refractivity contribution is 5.92. The van der Waals surface area contributed by atoms with Gasteiger partial charge >= 0.3 is 0 Å². The summed E-state index contributed by atoms with van der Waals surface area (Å²) >= 11 is 0. The van der Waals surface area contributed by atoms with Gasteiger partial charge in [0.1, 0.15) is 11.9 Å². The van der Waals surface area contributed by atoms with E-state index in [1.54, 1.807) is 17.2 Å². The smallest absolute Gasteiger partial charge is 0.241 e. The molecular weight excluding hydrogens is 296 g/mol. The Kier molecular flexibility index (Phi) is 6.06. The number of nitrogens with one attached hydrogen (secondary N) is 1. The minimum absolute atomic E-state index is 0.0466. The average Bonchev–Trinajstić information content (AvgIpc) is 2.56. The second kappa shape index (κ2) is 8.03. The Morgan fingerprint density at radius 2 is 2.13 bits per heavy atom. The molecule has 1 saturated heterocycles. The maximum Gasteiger partial charge on any atom is 0.241 e. The predicted octanol–water partition coefficient (Wildman–Crippen LogP) is 0.541. The molecule has 7 heteroatoms. The Balaban J connectivity index is 1.82. The second-order valence-corrected chi connectivity index (χ2v) is 5.87. The van der Waals surface area contributed by atoms with Crippen molar-refractivity contribution in [1.82, 2.24) is 9.88 Å². The number of nitrogens with zero attached hydrogens (tertiary/aromatic N) is 2. The van der Waals surface area contributed by atoms with Crippen LogP contribution >= 0.6 is 0 Å². The summed E-state index contributed by atoms with van der Waals surface area (Å²) in [7, 11) is 1.52. The molecule has 1 aromatic heterocycles. The van der Waals surface area contributed by atoms with E-state index in [2.05, 4.69) is 10.3 Å². The van der Waals surface area contributed by atoms with E-state index in [-0.39, 0.29) is 24.3 Å². The van der Waals surface area contributed by atoms with Crippen molar-refractivity contribution in [1.29, 1.82) is 0 Å². The molecule has 0 aliphatic carbocycles. The Bertz CT molecular complexity index is 539. The van der Waals surface area contributed by atoms with Crippen molar-refractivity contribution in [3.8, 4) is 0 Å². The fourth-order valence-corrected chi connectivity index (χ4v) is 2.62. The van der Waals surface area contributed by atoms with E-state index in [9.17, 15) is 9.59 Å². The zero-order valence-corrected chi connectivity index (χ0v) is 13.6. The maximum atomic E-state index is 12.3. The Morgan fingerprint density at radius 1 is 1.43 bits per heavy atom. The summed E-state index contributed by atoms with van der Waals surface area (Å²) < 4.78 is 4.91. The molecular formula is C16H24N4O3. The number of ether oxygens (including phenoxy) is 1. The number of hydrogen-bond donors (Lipinski definition) is 2. The van der Waals surface area contributed by atoms with Crippen LogP contribution < -0.4 is 11.1 Å². The summed E-state index contributed by atoms with van der Waals surface area (Å²) in [5, 5.41) is 2.83. The molecule has 0 radical (unpaired) electrons. The first-order valence-corrected chi connectivity index (χ1v) is 7.78. The molecule has 7 nitrogen and oxygen atoms in total. The number of anilines is 1. The van der Waals surface area contributed by atoms with E-state index in [0.29, 0.717) is 31.7 Å². The van der Waals surface area contributed by atoms with Crippen LogP contribution in [0.1, 0.15) is 18.4 Å². The molecule has 1 unspecified atom stereocenters. The normalized spacial score (nSPS) is 16.9. The van der Waals surface area contributed by atoms with Gasteiger partial charge in [-0.25, -0.2) is 4.98 Å². The van der Waals surface area contributed by atoms with Crippen LogP contribution in [0.25, 0.3) is 0 Å². The number of nitrogens with two attached hydrogens (primary N) is 1. The van der Waals surface area contributed by atoms with Gasteiger partial charge in [-0.3, -0.25) is 9.59 Å². The van der Waals surface area contributed by atoms with Gasteiger partial charge in [-0.05, 0) is 31.4 Å². The van der Waals surface area contributed by atoms with E-state index in [4.69, 9.17) is 10.5 Å². The Morgan fingerprint density at radius 3 is 2.70 bits per heavy atom. The summed E-state index contributed by atoms with van der Waals surface area (Å²) in [6, 6.07) is 3.05. The number of piperidine rings is 1. The fourth-order valence-electron chi connectivity index (χ4n) is 2.62. The topological polar surface area (TPSA) is 97.5 Å². The lowest BCUT2D eigenvalue weighted by Gasteiger charge is -2.32. The first kappa shape index (κ1) is 17.4. The Labute approximate surface area is 136 Å². The molecule has 23 heavy (non-hydrogen) atoms. The van der Waals surface area contributed by atoms with Gasteiger partial charge in [0.15, 0.2) is 0 Å². The highest BCUT2D eigenvalue weighted by Crippen LogP contribution is 2.19. The Hall–Kier alpha value is -1.99. The molecule has 0 spiro atoms. The molecule has 2 amide bonds. The lowest BCUT2D eigenvalue weighted by Crippen LogP contribution is -2.49. The molecule has 2 rings (SSSR count). The standard InChI is InChI=1S/C16H24N4O3/c1-11-3-4-14(18-9-11)19-15(21)12-5-7-20(8-6-12)16(22)13(17)10-23-2/h3-4,9,12-13H,5-8,10,17H2,1-2H3,(H,18,19,21). The van der Waals surface area contributed by atoms with Crippen LogP contribution in [0.3, 0.4) is 0 Å². The number of aryl methyl sites for hydroxylation is 1. The number of amides is 2. The SMILES string of the molecule is COCC(N)C(=O)N1CCC(C(=O)Nc2ccc(C)cn2)CC1. The van der Waals surface area contributed by atoms with Gasteiger partial charge in [0.05, 0.1) is 6.61 Å². The second-order valence-electron chi connectivity index (χ2n) is 5.87. The summed E-state index contributed by atoms with van der Waals surface area (Å²) in [5.74, 6) is 0.280. The molecule has 0 bridgehead atoms. The predicted molar refractivity (Wildman–Crippen MR) is 86.8 cm³/mol. The number of carbonyl (C=O) groups is 2. The van der Waals surface area contributed by atoms with Crippen molar-refractivity contribution in [2.24, 2.45) is 11.7 Å². The number of methoxy groups -OCH3 is 1. The molecule has 0 saturated carbocycles. The monoisotopic (exact) mass is 320 g/mol. The number of aromatic nitrogens is 1. The minimum atomic E-state index is -0.637. The van der Waals surface area contributed by atoms with Crippen LogP contribution in [0.5, 0.6) is 0 Å². The average molecular weight is 320 g/mol. The van der Waals surface area contributed by atoms with Gasteiger partial charge < -0.3 is 20.7 Å². The molecule has 1 fully saturated rings. The molecule has 1 aliphatic rings. The minimum Gasteiger partial charge on any atom is -0.383 e. The van der Waals surface area contributed by atoms with E-state index in [1.807, 2.05) is 13.0 Å². The summed E-state index contributed by atoms with van der Waals surface area (Å²) in [4.78, 5) is 30.2. The molecule has 126 valence electrons. The number of likely N-dealkylation sites (tertiary alicyclic amines) is 1. The van der Waals surface area contributed by atoms with Crippen LogP contribution in [0.2, 0.25) is 0 Å². The highest BCUT2D eigenvalue weighted by Gasteiger charge is 2.29. The maximum absolute atomic E-state index is 12.3. The van der Waals surface area contributed by atoms with E-state index in [1.165, 1.54) is 7.11 Å². The first-order valence-electron chi connectivity index (χ1n) is 7.78. The quantitative estimate of drug-likeness (QED) is 0.825. The fraction of sp³-hybridized carbons (Fsp3) is 0.562. The number of carbonyl (C=O) groups excluding carboxylic acids is 2. The van der Waals surface area contributed by atoms with Gasteiger partial charge in [0.2, 0.25) is 11.8 Å². The molecule has 1 aromatic rings. The van der Waals surface area contributed by atoms with Gasteiger partial charge in [-0.2, -0.15) is 0 Å². The lowest BCUT2D eigenvalue weighted by atomic mass is 9.95. The van der Waals surface area contributed by atoms with E-state index < -0.39 is 6.04 Å².